The third kappa shape index (κ3) is 4.07. The van der Waals surface area contributed by atoms with Gasteiger partial charge in [0, 0.05) is 5.69 Å². The van der Waals surface area contributed by atoms with Crippen LogP contribution in [0.25, 0.3) is 6.08 Å². The highest BCUT2D eigenvalue weighted by Gasteiger charge is 1.86. The zero-order chi connectivity index (χ0) is 10.2. The third-order valence-electron chi connectivity index (χ3n) is 1.61. The molecule has 1 rings (SSSR count). The molecule has 0 saturated carbocycles. The zero-order valence-corrected chi connectivity index (χ0v) is 8.27. The number of anilines is 1. The first-order valence-corrected chi connectivity index (χ1v) is 4.59. The molecule has 0 aliphatic rings. The Morgan fingerprint density at radius 2 is 1.93 bits per heavy atom. The Morgan fingerprint density at radius 1 is 1.21 bits per heavy atom. The summed E-state index contributed by atoms with van der Waals surface area (Å²) in [6.07, 6.45) is 3.85. The van der Waals surface area contributed by atoms with Crippen molar-refractivity contribution in [3.63, 3.8) is 0 Å². The molecule has 1 aromatic carbocycles. The smallest absolute Gasteiger partial charge is 0.101 e. The van der Waals surface area contributed by atoms with E-state index < -0.39 is 0 Å². The Bertz CT molecular complexity index is 280. The number of hydrogen-bond acceptors (Lipinski definition) is 3. The van der Waals surface area contributed by atoms with E-state index in [9.17, 15) is 0 Å². The van der Waals surface area contributed by atoms with Gasteiger partial charge >= 0.3 is 0 Å². The van der Waals surface area contributed by atoms with E-state index in [4.69, 9.17) is 15.5 Å². The molecule has 0 atom stereocenters. The summed E-state index contributed by atoms with van der Waals surface area (Å²) in [5.74, 6) is 0. The van der Waals surface area contributed by atoms with Gasteiger partial charge in [0.15, 0.2) is 0 Å². The molecule has 0 aromatic heterocycles. The van der Waals surface area contributed by atoms with E-state index >= 15 is 0 Å². The SMILES string of the molecule is CCOOC/C=C/c1ccc(N)cc1. The van der Waals surface area contributed by atoms with Crippen molar-refractivity contribution in [2.24, 2.45) is 0 Å². The predicted octanol–water partition coefficient (Wildman–Crippen LogP) is 2.25. The number of benzene rings is 1. The number of nitrogens with two attached hydrogens (primary N) is 1. The molecule has 0 amide bonds. The Labute approximate surface area is 84.1 Å². The molecule has 3 heteroatoms. The highest BCUT2D eigenvalue weighted by Crippen LogP contribution is 2.06. The molecule has 76 valence electrons. The van der Waals surface area contributed by atoms with Gasteiger partial charge in [0.25, 0.3) is 0 Å². The summed E-state index contributed by atoms with van der Waals surface area (Å²) in [5.41, 5.74) is 7.42. The van der Waals surface area contributed by atoms with Crippen LogP contribution in [0, 0.1) is 0 Å². The van der Waals surface area contributed by atoms with Gasteiger partial charge in [-0.1, -0.05) is 24.3 Å². The van der Waals surface area contributed by atoms with Crippen LogP contribution in [0.1, 0.15) is 12.5 Å². The summed E-state index contributed by atoms with van der Waals surface area (Å²) >= 11 is 0. The minimum Gasteiger partial charge on any atom is -0.399 e. The summed E-state index contributed by atoms with van der Waals surface area (Å²) in [7, 11) is 0. The highest BCUT2D eigenvalue weighted by molar-refractivity contribution is 5.53. The van der Waals surface area contributed by atoms with E-state index in [0.717, 1.165) is 11.3 Å². The summed E-state index contributed by atoms with van der Waals surface area (Å²) < 4.78 is 0. The van der Waals surface area contributed by atoms with E-state index in [1.807, 2.05) is 43.3 Å². The maximum absolute atomic E-state index is 5.55. The second-order valence-electron chi connectivity index (χ2n) is 2.76. The maximum Gasteiger partial charge on any atom is 0.101 e. The molecule has 2 N–H and O–H groups in total. The molecule has 0 spiro atoms. The molecule has 14 heavy (non-hydrogen) atoms. The molecule has 0 radical (unpaired) electrons. The number of rotatable bonds is 5. The van der Waals surface area contributed by atoms with E-state index in [2.05, 4.69) is 0 Å². The minimum absolute atomic E-state index is 0.457. The summed E-state index contributed by atoms with van der Waals surface area (Å²) in [4.78, 5) is 9.54. The fourth-order valence-electron chi connectivity index (χ4n) is 0.962. The van der Waals surface area contributed by atoms with E-state index in [0.29, 0.717) is 13.2 Å². The van der Waals surface area contributed by atoms with Gasteiger partial charge in [0.05, 0.1) is 6.61 Å². The van der Waals surface area contributed by atoms with Crippen molar-refractivity contribution in [3.8, 4) is 0 Å². The van der Waals surface area contributed by atoms with Crippen molar-refractivity contribution in [1.29, 1.82) is 0 Å². The molecule has 0 aliphatic heterocycles. The molecular formula is C11H15NO2. The van der Waals surface area contributed by atoms with E-state index in [1.54, 1.807) is 0 Å². The fraction of sp³-hybridized carbons (Fsp3) is 0.273. The molecule has 0 fully saturated rings. The van der Waals surface area contributed by atoms with Crippen molar-refractivity contribution < 1.29 is 9.78 Å². The first kappa shape index (κ1) is 10.8. The molecule has 3 nitrogen and oxygen atoms in total. The van der Waals surface area contributed by atoms with Crippen molar-refractivity contribution in [2.75, 3.05) is 18.9 Å². The standard InChI is InChI=1S/C11H15NO2/c1-2-13-14-9-3-4-10-5-7-11(12)8-6-10/h3-8H,2,9,12H2,1H3/b4-3+. The first-order valence-electron chi connectivity index (χ1n) is 4.59. The monoisotopic (exact) mass is 193 g/mol. The van der Waals surface area contributed by atoms with Crippen LogP contribution in [0.15, 0.2) is 30.3 Å². The maximum atomic E-state index is 5.55. The molecule has 0 saturated heterocycles. The van der Waals surface area contributed by atoms with Gasteiger partial charge in [-0.25, -0.2) is 9.78 Å². The van der Waals surface area contributed by atoms with E-state index in [1.165, 1.54) is 0 Å². The average Bonchev–Trinajstić information content (AvgIpc) is 2.21. The quantitative estimate of drug-likeness (QED) is 0.337. The lowest BCUT2D eigenvalue weighted by atomic mass is 10.2. The summed E-state index contributed by atoms with van der Waals surface area (Å²) in [5, 5.41) is 0. The van der Waals surface area contributed by atoms with Crippen LogP contribution < -0.4 is 5.73 Å². The topological polar surface area (TPSA) is 44.5 Å². The van der Waals surface area contributed by atoms with Crippen molar-refractivity contribution in [3.05, 3.63) is 35.9 Å². The van der Waals surface area contributed by atoms with Crippen LogP contribution in [-0.2, 0) is 9.78 Å². The Morgan fingerprint density at radius 3 is 2.57 bits per heavy atom. The van der Waals surface area contributed by atoms with Crippen molar-refractivity contribution >= 4 is 11.8 Å². The number of hydrogen-bond donors (Lipinski definition) is 1. The molecule has 1 aromatic rings. The predicted molar refractivity (Wildman–Crippen MR) is 57.5 cm³/mol. The lowest BCUT2D eigenvalue weighted by molar-refractivity contribution is -0.282. The fourth-order valence-corrected chi connectivity index (χ4v) is 0.962. The van der Waals surface area contributed by atoms with Crippen molar-refractivity contribution in [1.82, 2.24) is 0 Å². The van der Waals surface area contributed by atoms with Crippen LogP contribution in [-0.4, -0.2) is 13.2 Å². The van der Waals surface area contributed by atoms with Gasteiger partial charge in [-0.05, 0) is 24.6 Å². The van der Waals surface area contributed by atoms with Crippen LogP contribution >= 0.6 is 0 Å². The summed E-state index contributed by atoms with van der Waals surface area (Å²) in [6, 6.07) is 7.63. The van der Waals surface area contributed by atoms with Gasteiger partial charge in [-0.15, -0.1) is 0 Å². The summed E-state index contributed by atoms with van der Waals surface area (Å²) in [6.45, 7) is 2.90. The van der Waals surface area contributed by atoms with Gasteiger partial charge in [0.2, 0.25) is 0 Å². The van der Waals surface area contributed by atoms with Crippen LogP contribution in [0.4, 0.5) is 5.69 Å². The molecule has 0 heterocycles. The highest BCUT2D eigenvalue weighted by atomic mass is 17.2. The third-order valence-corrected chi connectivity index (χ3v) is 1.61. The minimum atomic E-state index is 0.457. The Balaban J connectivity index is 2.33. The van der Waals surface area contributed by atoms with Crippen LogP contribution in [0.2, 0.25) is 0 Å². The molecule has 0 unspecified atom stereocenters. The van der Waals surface area contributed by atoms with Gasteiger partial charge < -0.3 is 5.73 Å². The molecule has 0 bridgehead atoms. The lowest BCUT2D eigenvalue weighted by Gasteiger charge is -1.97. The second-order valence-corrected chi connectivity index (χ2v) is 2.76. The first-order chi connectivity index (χ1) is 6.83. The van der Waals surface area contributed by atoms with E-state index in [-0.39, 0.29) is 0 Å². The van der Waals surface area contributed by atoms with Crippen molar-refractivity contribution in [2.45, 2.75) is 6.92 Å². The Hall–Kier alpha value is -1.32. The molecule has 0 aliphatic carbocycles. The molecular weight excluding hydrogens is 178 g/mol. The van der Waals surface area contributed by atoms with Gasteiger partial charge in [-0.2, -0.15) is 0 Å². The van der Waals surface area contributed by atoms with Crippen LogP contribution in [0.5, 0.6) is 0 Å². The van der Waals surface area contributed by atoms with Crippen LogP contribution in [0.3, 0.4) is 0 Å². The normalized spacial score (nSPS) is 10.9. The second kappa shape index (κ2) is 6.18. The zero-order valence-electron chi connectivity index (χ0n) is 8.27. The van der Waals surface area contributed by atoms with Gasteiger partial charge in [-0.3, -0.25) is 0 Å². The average molecular weight is 193 g/mol. The van der Waals surface area contributed by atoms with Gasteiger partial charge in [0.1, 0.15) is 6.61 Å². The Kier molecular flexibility index (Phi) is 4.75. The number of nitrogen functional groups attached to an aromatic ring is 1. The largest absolute Gasteiger partial charge is 0.399 e. The lowest BCUT2D eigenvalue weighted by Crippen LogP contribution is -1.92.